The normalized spacial score (nSPS) is 11.9. The predicted molar refractivity (Wildman–Crippen MR) is 62.2 cm³/mol. The van der Waals surface area contributed by atoms with Crippen LogP contribution in [0.3, 0.4) is 0 Å². The quantitative estimate of drug-likeness (QED) is 0.556. The van der Waals surface area contributed by atoms with Gasteiger partial charge < -0.3 is 5.11 Å². The molecule has 1 aromatic rings. The van der Waals surface area contributed by atoms with Crippen LogP contribution in [0, 0.1) is 0 Å². The highest BCUT2D eigenvalue weighted by atomic mass is 32.2. The monoisotopic (exact) mass is 263 g/mol. The molecule has 6 nitrogen and oxygen atoms in total. The minimum absolute atomic E-state index is 0.119. The third kappa shape index (κ3) is 4.74. The van der Waals surface area contributed by atoms with Crippen molar-refractivity contribution >= 4 is 10.1 Å². The standard InChI is InChI=1S/C10H18N2O4S/c1-2-3-5-11-7-8-12(10(11)13)6-4-9-17(14,15)16/h7-8H,2-6,9H2,1H3,(H,14,15,16)/p+1. The van der Waals surface area contributed by atoms with E-state index in [4.69, 9.17) is 4.55 Å². The van der Waals surface area contributed by atoms with Gasteiger partial charge in [0.25, 0.3) is 10.1 Å². The molecule has 17 heavy (non-hydrogen) atoms. The van der Waals surface area contributed by atoms with Crippen LogP contribution in [0.5, 0.6) is 6.01 Å². The Hall–Kier alpha value is -1.08. The van der Waals surface area contributed by atoms with Crippen LogP contribution < -0.4 is 4.57 Å². The highest BCUT2D eigenvalue weighted by Gasteiger charge is 2.15. The summed E-state index contributed by atoms with van der Waals surface area (Å²) in [5, 5.41) is 9.80. The number of rotatable bonds is 7. The maximum absolute atomic E-state index is 10.5. The lowest BCUT2D eigenvalue weighted by Crippen LogP contribution is -2.33. The van der Waals surface area contributed by atoms with Crippen LogP contribution in [-0.4, -0.2) is 28.4 Å². The molecule has 2 N–H and O–H groups in total. The van der Waals surface area contributed by atoms with E-state index in [-0.39, 0.29) is 18.2 Å². The summed E-state index contributed by atoms with van der Waals surface area (Å²) in [7, 11) is -3.92. The molecule has 0 aromatic carbocycles. The Kier molecular flexibility index (Phi) is 4.95. The van der Waals surface area contributed by atoms with Crippen LogP contribution in [-0.2, 0) is 23.2 Å². The van der Waals surface area contributed by atoms with Crippen LogP contribution in [0.15, 0.2) is 12.4 Å². The summed E-state index contributed by atoms with van der Waals surface area (Å²) < 4.78 is 32.9. The third-order valence-electron chi connectivity index (χ3n) is 2.49. The Morgan fingerprint density at radius 2 is 2.12 bits per heavy atom. The molecule has 0 saturated heterocycles. The first-order chi connectivity index (χ1) is 7.94. The van der Waals surface area contributed by atoms with Crippen LogP contribution in [0.2, 0.25) is 0 Å². The van der Waals surface area contributed by atoms with E-state index in [0.29, 0.717) is 6.54 Å². The summed E-state index contributed by atoms with van der Waals surface area (Å²) in [5.74, 6) is -0.292. The van der Waals surface area contributed by atoms with E-state index in [0.717, 1.165) is 19.4 Å². The van der Waals surface area contributed by atoms with Crippen LogP contribution in [0.25, 0.3) is 0 Å². The number of hydrogen-bond donors (Lipinski definition) is 2. The Balaban J connectivity index is 2.52. The van der Waals surface area contributed by atoms with E-state index < -0.39 is 10.1 Å². The fourth-order valence-corrected chi connectivity index (χ4v) is 2.05. The zero-order valence-electron chi connectivity index (χ0n) is 9.91. The van der Waals surface area contributed by atoms with Crippen molar-refractivity contribution in [3.63, 3.8) is 0 Å². The average Bonchev–Trinajstić information content (AvgIpc) is 2.56. The second kappa shape index (κ2) is 6.02. The summed E-state index contributed by atoms with van der Waals surface area (Å²) in [6.07, 6.45) is 5.76. The number of nitrogens with zero attached hydrogens (tertiary/aromatic N) is 2. The molecule has 0 unspecified atom stereocenters. The number of hydrogen-bond acceptors (Lipinski definition) is 3. The fraction of sp³-hybridized carbons (Fsp3) is 0.700. The van der Waals surface area contributed by atoms with E-state index in [9.17, 15) is 13.5 Å². The molecule has 0 bridgehead atoms. The Morgan fingerprint density at radius 1 is 1.41 bits per heavy atom. The van der Waals surface area contributed by atoms with Gasteiger partial charge in [-0.25, -0.2) is 0 Å². The number of aryl methyl sites for hydroxylation is 2. The Bertz CT molecular complexity index is 453. The molecule has 0 radical (unpaired) electrons. The molecule has 0 fully saturated rings. The van der Waals surface area contributed by atoms with Gasteiger partial charge in [0, 0.05) is 6.42 Å². The van der Waals surface area contributed by atoms with E-state index in [2.05, 4.69) is 6.92 Å². The fourth-order valence-electron chi connectivity index (χ4n) is 1.55. The van der Waals surface area contributed by atoms with Crippen LogP contribution in [0.1, 0.15) is 26.2 Å². The van der Waals surface area contributed by atoms with Gasteiger partial charge in [-0.1, -0.05) is 13.3 Å². The molecule has 1 heterocycles. The molecule has 1 aromatic heterocycles. The Morgan fingerprint density at radius 3 is 2.71 bits per heavy atom. The maximum atomic E-state index is 10.5. The van der Waals surface area contributed by atoms with Gasteiger partial charge in [0.2, 0.25) is 0 Å². The van der Waals surface area contributed by atoms with Gasteiger partial charge in [-0.15, -0.1) is 0 Å². The van der Waals surface area contributed by atoms with E-state index in [1.165, 1.54) is 0 Å². The molecule has 0 amide bonds. The summed E-state index contributed by atoms with van der Waals surface area (Å²) in [6, 6.07) is 0.119. The van der Waals surface area contributed by atoms with Gasteiger partial charge in [-0.05, 0) is 6.42 Å². The molecule has 0 aliphatic rings. The van der Waals surface area contributed by atoms with Crippen LogP contribution >= 0.6 is 0 Å². The van der Waals surface area contributed by atoms with Gasteiger partial charge in [0.1, 0.15) is 12.4 Å². The summed E-state index contributed by atoms with van der Waals surface area (Å²) in [6.45, 7) is 3.18. The van der Waals surface area contributed by atoms with Crippen LogP contribution in [0.4, 0.5) is 0 Å². The van der Waals surface area contributed by atoms with Crippen molar-refractivity contribution in [2.75, 3.05) is 5.75 Å². The SMILES string of the molecule is CCCCn1cc[n+](CCCS(=O)(=O)O)c1O. The minimum Gasteiger partial charge on any atom is -0.446 e. The van der Waals surface area contributed by atoms with E-state index in [1.807, 2.05) is 0 Å². The summed E-state index contributed by atoms with van der Waals surface area (Å²) >= 11 is 0. The highest BCUT2D eigenvalue weighted by Crippen LogP contribution is 2.05. The lowest BCUT2D eigenvalue weighted by atomic mass is 10.3. The first-order valence-electron chi connectivity index (χ1n) is 5.66. The van der Waals surface area contributed by atoms with Crippen molar-refractivity contribution in [3.8, 4) is 6.01 Å². The molecular weight excluding hydrogens is 244 g/mol. The summed E-state index contributed by atoms with van der Waals surface area (Å²) in [5.41, 5.74) is 0. The predicted octanol–water partition coefficient (Wildman–Crippen LogP) is 0.559. The molecule has 0 spiro atoms. The molecular formula is C10H19N2O4S+. The number of aromatic nitrogens is 2. The number of aromatic hydroxyl groups is 1. The maximum Gasteiger partial charge on any atom is 0.453 e. The lowest BCUT2D eigenvalue weighted by Gasteiger charge is -1.98. The molecule has 1 rings (SSSR count). The van der Waals surface area contributed by atoms with E-state index in [1.54, 1.807) is 21.5 Å². The third-order valence-corrected chi connectivity index (χ3v) is 3.30. The van der Waals surface area contributed by atoms with Gasteiger partial charge in [0.05, 0.1) is 18.8 Å². The first-order valence-corrected chi connectivity index (χ1v) is 7.27. The van der Waals surface area contributed by atoms with Crippen molar-refractivity contribution in [1.82, 2.24) is 4.57 Å². The minimum atomic E-state index is -3.92. The zero-order valence-corrected chi connectivity index (χ0v) is 10.7. The molecule has 7 heteroatoms. The molecule has 0 aliphatic heterocycles. The van der Waals surface area contributed by atoms with Crippen molar-refractivity contribution in [2.24, 2.45) is 0 Å². The van der Waals surface area contributed by atoms with Gasteiger partial charge >= 0.3 is 6.01 Å². The van der Waals surface area contributed by atoms with Gasteiger partial charge in [-0.2, -0.15) is 17.6 Å². The zero-order chi connectivity index (χ0) is 12.9. The molecule has 0 aliphatic carbocycles. The first kappa shape index (κ1) is 14.0. The number of unbranched alkanes of at least 4 members (excludes halogenated alkanes) is 1. The van der Waals surface area contributed by atoms with Crippen molar-refractivity contribution < 1.29 is 22.6 Å². The van der Waals surface area contributed by atoms with Crippen molar-refractivity contribution in [1.29, 1.82) is 0 Å². The topological polar surface area (TPSA) is 83.4 Å². The summed E-state index contributed by atoms with van der Waals surface area (Å²) in [4.78, 5) is 0. The smallest absolute Gasteiger partial charge is 0.446 e. The van der Waals surface area contributed by atoms with Crippen molar-refractivity contribution in [2.45, 2.75) is 39.3 Å². The van der Waals surface area contributed by atoms with Gasteiger partial charge in [-0.3, -0.25) is 4.55 Å². The molecule has 98 valence electrons. The molecule has 0 saturated carbocycles. The second-order valence-electron chi connectivity index (χ2n) is 3.98. The van der Waals surface area contributed by atoms with Gasteiger partial charge in [0.15, 0.2) is 0 Å². The number of imidazole rings is 1. The lowest BCUT2D eigenvalue weighted by molar-refractivity contribution is -0.702. The largest absolute Gasteiger partial charge is 0.453 e. The Labute approximate surface area is 101 Å². The van der Waals surface area contributed by atoms with Crippen molar-refractivity contribution in [3.05, 3.63) is 12.4 Å². The molecule has 0 atom stereocenters. The highest BCUT2D eigenvalue weighted by molar-refractivity contribution is 7.85. The second-order valence-corrected chi connectivity index (χ2v) is 5.55. The van der Waals surface area contributed by atoms with E-state index >= 15 is 0 Å². The average molecular weight is 263 g/mol.